The Morgan fingerprint density at radius 1 is 1.00 bits per heavy atom. The highest BCUT2D eigenvalue weighted by molar-refractivity contribution is 5.60. The molecule has 0 saturated carbocycles. The number of nitrogens with zero attached hydrogens (tertiary/aromatic N) is 3. The van der Waals surface area contributed by atoms with Gasteiger partial charge in [-0.1, -0.05) is 48.5 Å². The van der Waals surface area contributed by atoms with Crippen LogP contribution < -0.4 is 5.32 Å². The van der Waals surface area contributed by atoms with Crippen LogP contribution in [0.15, 0.2) is 60.9 Å². The number of rotatable bonds is 5. The molecule has 2 aromatic carbocycles. The lowest BCUT2D eigenvalue weighted by Crippen LogP contribution is -2.05. The zero-order valence-electron chi connectivity index (χ0n) is 12.0. The van der Waals surface area contributed by atoms with Gasteiger partial charge in [-0.25, -0.2) is 4.68 Å². The van der Waals surface area contributed by atoms with E-state index < -0.39 is 0 Å². The Morgan fingerprint density at radius 2 is 1.76 bits per heavy atom. The smallest absolute Gasteiger partial charge is 0.0894 e. The number of anilines is 1. The van der Waals surface area contributed by atoms with E-state index in [-0.39, 0.29) is 0 Å². The molecule has 0 radical (unpaired) electrons. The summed E-state index contributed by atoms with van der Waals surface area (Å²) in [7, 11) is 0. The number of aryl methyl sites for hydroxylation is 1. The molecule has 0 spiro atoms. The average Bonchev–Trinajstić information content (AvgIpc) is 3.08. The monoisotopic (exact) mass is 278 g/mol. The van der Waals surface area contributed by atoms with Gasteiger partial charge in [0.2, 0.25) is 0 Å². The lowest BCUT2D eigenvalue weighted by Gasteiger charge is -2.11. The first kappa shape index (κ1) is 13.4. The first-order chi connectivity index (χ1) is 10.4. The van der Waals surface area contributed by atoms with Crippen LogP contribution in [0.3, 0.4) is 0 Å². The Balaban J connectivity index is 1.76. The van der Waals surface area contributed by atoms with Gasteiger partial charge >= 0.3 is 0 Å². The van der Waals surface area contributed by atoms with E-state index in [2.05, 4.69) is 52.9 Å². The molecule has 0 aliphatic heterocycles. The number of para-hydroxylation sites is 2. The quantitative estimate of drug-likeness (QED) is 0.777. The van der Waals surface area contributed by atoms with Gasteiger partial charge in [-0.2, -0.15) is 0 Å². The maximum absolute atomic E-state index is 4.05. The number of hydrogen-bond acceptors (Lipinski definition) is 3. The van der Waals surface area contributed by atoms with E-state index in [0.29, 0.717) is 0 Å². The third-order valence-electron chi connectivity index (χ3n) is 3.49. The second-order valence-corrected chi connectivity index (χ2v) is 4.89. The molecule has 1 N–H and O–H groups in total. The van der Waals surface area contributed by atoms with Gasteiger partial charge in [0.15, 0.2) is 0 Å². The summed E-state index contributed by atoms with van der Waals surface area (Å²) < 4.78 is 1.77. The third kappa shape index (κ3) is 3.11. The highest BCUT2D eigenvalue weighted by Gasteiger charge is 2.04. The molecule has 4 heteroatoms. The summed E-state index contributed by atoms with van der Waals surface area (Å²) in [4.78, 5) is 0. The Hall–Kier alpha value is -2.62. The van der Waals surface area contributed by atoms with E-state index in [9.17, 15) is 0 Å². The fourth-order valence-corrected chi connectivity index (χ4v) is 2.25. The van der Waals surface area contributed by atoms with Crippen LogP contribution in [-0.4, -0.2) is 15.0 Å². The van der Waals surface area contributed by atoms with E-state index in [4.69, 9.17) is 0 Å². The fraction of sp³-hybridized carbons (Fsp3) is 0.176. The molecule has 1 aromatic heterocycles. The van der Waals surface area contributed by atoms with Crippen molar-refractivity contribution in [3.05, 3.63) is 72.1 Å². The van der Waals surface area contributed by atoms with Crippen LogP contribution in [0.2, 0.25) is 0 Å². The molecule has 0 fully saturated rings. The van der Waals surface area contributed by atoms with Crippen LogP contribution in [0.25, 0.3) is 5.69 Å². The maximum Gasteiger partial charge on any atom is 0.0894 e. The molecule has 3 aromatic rings. The molecule has 0 unspecified atom stereocenters. The third-order valence-corrected chi connectivity index (χ3v) is 3.49. The highest BCUT2D eigenvalue weighted by Crippen LogP contribution is 2.19. The van der Waals surface area contributed by atoms with Crippen molar-refractivity contribution in [2.45, 2.75) is 19.9 Å². The standard InChI is InChI=1S/C17H18N4/c1-2-14-7-9-15(10-8-14)13-18-16-5-3-4-6-17(16)21-12-11-19-20-21/h3-12,18H,2,13H2,1H3. The molecule has 0 atom stereocenters. The number of hydrogen-bond donors (Lipinski definition) is 1. The summed E-state index contributed by atoms with van der Waals surface area (Å²) in [5.74, 6) is 0. The van der Waals surface area contributed by atoms with Gasteiger partial charge in [-0.3, -0.25) is 0 Å². The zero-order chi connectivity index (χ0) is 14.5. The van der Waals surface area contributed by atoms with Gasteiger partial charge < -0.3 is 5.32 Å². The van der Waals surface area contributed by atoms with Gasteiger partial charge in [-0.05, 0) is 29.7 Å². The van der Waals surface area contributed by atoms with Crippen molar-refractivity contribution in [2.24, 2.45) is 0 Å². The molecule has 1 heterocycles. The van der Waals surface area contributed by atoms with Gasteiger partial charge in [0.1, 0.15) is 0 Å². The molecular weight excluding hydrogens is 260 g/mol. The Morgan fingerprint density at radius 3 is 2.48 bits per heavy atom. The fourth-order valence-electron chi connectivity index (χ4n) is 2.25. The molecule has 21 heavy (non-hydrogen) atoms. The van der Waals surface area contributed by atoms with Gasteiger partial charge in [0, 0.05) is 6.54 Å². The Kier molecular flexibility index (Phi) is 3.96. The topological polar surface area (TPSA) is 42.7 Å². The summed E-state index contributed by atoms with van der Waals surface area (Å²) >= 11 is 0. The van der Waals surface area contributed by atoms with Crippen molar-refractivity contribution in [1.29, 1.82) is 0 Å². The first-order valence-corrected chi connectivity index (χ1v) is 7.14. The summed E-state index contributed by atoms with van der Waals surface area (Å²) in [6, 6.07) is 16.8. The molecule has 4 nitrogen and oxygen atoms in total. The van der Waals surface area contributed by atoms with E-state index in [0.717, 1.165) is 24.3 Å². The Bertz CT molecular complexity index is 687. The van der Waals surface area contributed by atoms with Crippen molar-refractivity contribution in [1.82, 2.24) is 15.0 Å². The van der Waals surface area contributed by atoms with E-state index in [1.807, 2.05) is 24.4 Å². The predicted octanol–water partition coefficient (Wildman–Crippen LogP) is 3.44. The van der Waals surface area contributed by atoms with Crippen molar-refractivity contribution < 1.29 is 0 Å². The number of aromatic nitrogens is 3. The highest BCUT2D eigenvalue weighted by atomic mass is 15.4. The van der Waals surface area contributed by atoms with Crippen LogP contribution >= 0.6 is 0 Å². The maximum atomic E-state index is 4.05. The predicted molar refractivity (Wildman–Crippen MR) is 84.5 cm³/mol. The van der Waals surface area contributed by atoms with Crippen LogP contribution in [0.1, 0.15) is 18.1 Å². The van der Waals surface area contributed by atoms with Crippen molar-refractivity contribution in [3.63, 3.8) is 0 Å². The number of nitrogens with one attached hydrogen (secondary N) is 1. The van der Waals surface area contributed by atoms with E-state index in [1.165, 1.54) is 11.1 Å². The molecule has 0 amide bonds. The lowest BCUT2D eigenvalue weighted by molar-refractivity contribution is 0.803. The normalized spacial score (nSPS) is 10.5. The van der Waals surface area contributed by atoms with Crippen LogP contribution in [0, 0.1) is 0 Å². The van der Waals surface area contributed by atoms with Crippen molar-refractivity contribution in [3.8, 4) is 5.69 Å². The molecular formula is C17H18N4. The molecule has 0 saturated heterocycles. The lowest BCUT2D eigenvalue weighted by atomic mass is 10.1. The summed E-state index contributed by atoms with van der Waals surface area (Å²) in [5, 5.41) is 11.4. The molecule has 0 aliphatic rings. The minimum Gasteiger partial charge on any atom is -0.379 e. The van der Waals surface area contributed by atoms with Gasteiger partial charge in [0.05, 0.1) is 23.8 Å². The van der Waals surface area contributed by atoms with Crippen LogP contribution in [0.5, 0.6) is 0 Å². The number of benzene rings is 2. The second kappa shape index (κ2) is 6.22. The minimum absolute atomic E-state index is 0.787. The largest absolute Gasteiger partial charge is 0.379 e. The molecule has 0 bridgehead atoms. The second-order valence-electron chi connectivity index (χ2n) is 4.89. The van der Waals surface area contributed by atoms with Crippen LogP contribution in [-0.2, 0) is 13.0 Å². The van der Waals surface area contributed by atoms with Crippen molar-refractivity contribution >= 4 is 5.69 Å². The van der Waals surface area contributed by atoms with Crippen LogP contribution in [0.4, 0.5) is 5.69 Å². The summed E-state index contributed by atoms with van der Waals surface area (Å²) in [5.41, 5.74) is 4.67. The molecule has 0 aliphatic carbocycles. The van der Waals surface area contributed by atoms with E-state index >= 15 is 0 Å². The SMILES string of the molecule is CCc1ccc(CNc2ccccc2-n2ccnn2)cc1. The zero-order valence-corrected chi connectivity index (χ0v) is 12.0. The Labute approximate surface area is 124 Å². The first-order valence-electron chi connectivity index (χ1n) is 7.14. The van der Waals surface area contributed by atoms with E-state index in [1.54, 1.807) is 10.9 Å². The van der Waals surface area contributed by atoms with Crippen molar-refractivity contribution in [2.75, 3.05) is 5.32 Å². The molecule has 3 rings (SSSR count). The summed E-state index contributed by atoms with van der Waals surface area (Å²) in [6.45, 7) is 2.96. The molecule has 106 valence electrons. The minimum atomic E-state index is 0.787. The average molecular weight is 278 g/mol. The van der Waals surface area contributed by atoms with Gasteiger partial charge in [0.25, 0.3) is 0 Å². The summed E-state index contributed by atoms with van der Waals surface area (Å²) in [6.07, 6.45) is 4.60. The van der Waals surface area contributed by atoms with Gasteiger partial charge in [-0.15, -0.1) is 5.10 Å².